The van der Waals surface area contributed by atoms with Crippen molar-refractivity contribution in [3.05, 3.63) is 33.4 Å². The number of hydrogen-bond donors (Lipinski definition) is 2. The highest BCUT2D eigenvalue weighted by Crippen LogP contribution is 2.38. The third-order valence-electron chi connectivity index (χ3n) is 3.94. The third kappa shape index (κ3) is 5.32. The molecule has 5 nitrogen and oxygen atoms in total. The summed E-state index contributed by atoms with van der Waals surface area (Å²) in [5, 5.41) is 12.1. The zero-order chi connectivity index (χ0) is 17.3. The minimum absolute atomic E-state index is 0.0182. The van der Waals surface area contributed by atoms with Gasteiger partial charge in [-0.3, -0.25) is 5.32 Å². The van der Waals surface area contributed by atoms with E-state index >= 15 is 0 Å². The Labute approximate surface area is 151 Å². The van der Waals surface area contributed by atoms with Crippen LogP contribution in [0.25, 0.3) is 0 Å². The van der Waals surface area contributed by atoms with Crippen LogP contribution >= 0.6 is 22.6 Å². The van der Waals surface area contributed by atoms with Gasteiger partial charge in [0.2, 0.25) is 0 Å². The Hall–Kier alpha value is -0.860. The van der Waals surface area contributed by atoms with Crippen LogP contribution in [0.1, 0.15) is 45.1 Å². The molecule has 0 aromatic heterocycles. The van der Waals surface area contributed by atoms with Gasteiger partial charge in [0.25, 0.3) is 0 Å². The molecular formula is C17H26INO4. The van der Waals surface area contributed by atoms with E-state index in [9.17, 15) is 9.90 Å². The minimum Gasteiger partial charge on any atom is -0.465 e. The second-order valence-corrected chi connectivity index (χ2v) is 6.61. The molecule has 23 heavy (non-hydrogen) atoms. The number of ether oxygens (including phenoxy) is 2. The minimum atomic E-state index is -1.11. The van der Waals surface area contributed by atoms with E-state index in [1.165, 1.54) is 7.11 Å². The Balaban J connectivity index is 3.38. The quantitative estimate of drug-likeness (QED) is 0.418. The number of benzene rings is 1. The lowest BCUT2D eigenvalue weighted by Gasteiger charge is -2.41. The van der Waals surface area contributed by atoms with Crippen LogP contribution < -0.4 is 5.32 Å². The van der Waals surface area contributed by atoms with Gasteiger partial charge in [0.1, 0.15) is 6.79 Å². The number of carboxylic acid groups (broad SMARTS) is 1. The van der Waals surface area contributed by atoms with Crippen LogP contribution in [0.15, 0.2) is 24.3 Å². The smallest absolute Gasteiger partial charge is 0.407 e. The average Bonchev–Trinajstić information content (AvgIpc) is 2.53. The van der Waals surface area contributed by atoms with Crippen LogP contribution in [0.5, 0.6) is 0 Å². The van der Waals surface area contributed by atoms with Gasteiger partial charge in [-0.05, 0) is 41.5 Å². The molecule has 0 fully saturated rings. The summed E-state index contributed by atoms with van der Waals surface area (Å²) in [7, 11) is 1.54. The van der Waals surface area contributed by atoms with Gasteiger partial charge >= 0.3 is 6.09 Å². The number of amides is 1. The molecular weight excluding hydrogens is 409 g/mol. The lowest BCUT2D eigenvalue weighted by molar-refractivity contribution is -0.178. The number of rotatable bonds is 10. The summed E-state index contributed by atoms with van der Waals surface area (Å²) in [6.07, 6.45) is 2.64. The van der Waals surface area contributed by atoms with Gasteiger partial charge in [-0.15, -0.1) is 0 Å². The number of unbranched alkanes of at least 4 members (excludes halogenated alkanes) is 1. The molecule has 0 radical (unpaired) electrons. The number of nitrogens with one attached hydrogen (secondary N) is 1. The molecule has 0 aliphatic carbocycles. The molecule has 2 unspecified atom stereocenters. The van der Waals surface area contributed by atoms with Crippen LogP contribution in [0.4, 0.5) is 4.79 Å². The summed E-state index contributed by atoms with van der Waals surface area (Å²) < 4.78 is 12.0. The lowest BCUT2D eigenvalue weighted by atomic mass is 9.83. The fourth-order valence-electron chi connectivity index (χ4n) is 2.84. The van der Waals surface area contributed by atoms with Crippen molar-refractivity contribution in [1.82, 2.24) is 5.32 Å². The van der Waals surface area contributed by atoms with E-state index in [-0.39, 0.29) is 12.7 Å². The lowest BCUT2D eigenvalue weighted by Crippen LogP contribution is -2.53. The van der Waals surface area contributed by atoms with E-state index in [0.29, 0.717) is 0 Å². The van der Waals surface area contributed by atoms with Crippen LogP contribution in [0.2, 0.25) is 0 Å². The van der Waals surface area contributed by atoms with Crippen molar-refractivity contribution in [2.75, 3.05) is 13.9 Å². The Morgan fingerprint density at radius 1 is 1.39 bits per heavy atom. The molecule has 0 spiro atoms. The Bertz CT molecular complexity index is 497. The van der Waals surface area contributed by atoms with Gasteiger partial charge in [0, 0.05) is 22.2 Å². The number of hydrogen-bond acceptors (Lipinski definition) is 3. The van der Waals surface area contributed by atoms with Crippen molar-refractivity contribution in [3.63, 3.8) is 0 Å². The van der Waals surface area contributed by atoms with Crippen molar-refractivity contribution in [3.8, 4) is 0 Å². The highest BCUT2D eigenvalue weighted by atomic mass is 127. The zero-order valence-electron chi connectivity index (χ0n) is 14.0. The Morgan fingerprint density at radius 3 is 2.61 bits per heavy atom. The summed E-state index contributed by atoms with van der Waals surface area (Å²) in [4.78, 5) is 11.5. The molecule has 1 rings (SSSR count). The molecule has 2 N–H and O–H groups in total. The Morgan fingerprint density at radius 2 is 2.09 bits per heavy atom. The summed E-state index contributed by atoms with van der Waals surface area (Å²) in [5.41, 5.74) is -0.271. The molecule has 1 aromatic carbocycles. The summed E-state index contributed by atoms with van der Waals surface area (Å²) in [6.45, 7) is 4.21. The monoisotopic (exact) mass is 435 g/mol. The summed E-state index contributed by atoms with van der Waals surface area (Å²) >= 11 is 2.22. The van der Waals surface area contributed by atoms with Gasteiger partial charge in [-0.25, -0.2) is 4.79 Å². The molecule has 1 amide bonds. The van der Waals surface area contributed by atoms with E-state index in [2.05, 4.69) is 41.8 Å². The van der Waals surface area contributed by atoms with Gasteiger partial charge in [-0.2, -0.15) is 0 Å². The Kier molecular flexibility index (Phi) is 8.86. The van der Waals surface area contributed by atoms with Crippen molar-refractivity contribution in [2.45, 2.75) is 45.3 Å². The molecule has 0 saturated heterocycles. The molecule has 1 aromatic rings. The summed E-state index contributed by atoms with van der Waals surface area (Å²) in [5.74, 6) is 0.0182. The fourth-order valence-corrected chi connectivity index (χ4v) is 3.63. The molecule has 0 heterocycles. The molecule has 0 bridgehead atoms. The van der Waals surface area contributed by atoms with Crippen LogP contribution in [0, 0.1) is 9.49 Å². The molecule has 6 heteroatoms. The number of methoxy groups -OCH3 is 1. The van der Waals surface area contributed by atoms with Crippen molar-refractivity contribution in [1.29, 1.82) is 0 Å². The maximum absolute atomic E-state index is 11.5. The first-order valence-electron chi connectivity index (χ1n) is 7.90. The second-order valence-electron chi connectivity index (χ2n) is 5.44. The van der Waals surface area contributed by atoms with Gasteiger partial charge in [0.05, 0.1) is 0 Å². The molecule has 0 aliphatic rings. The predicted octanol–water partition coefficient (Wildman–Crippen LogP) is 4.55. The first-order valence-corrected chi connectivity index (χ1v) is 8.98. The van der Waals surface area contributed by atoms with Crippen molar-refractivity contribution in [2.24, 2.45) is 5.92 Å². The highest BCUT2D eigenvalue weighted by Gasteiger charge is 2.43. The fraction of sp³-hybridized carbons (Fsp3) is 0.588. The highest BCUT2D eigenvalue weighted by molar-refractivity contribution is 14.1. The normalized spacial score (nSPS) is 15.0. The topological polar surface area (TPSA) is 67.8 Å². The SMILES string of the molecule is CCCCC(CC)C(NC(=O)O)(OCOC)c1ccccc1I. The summed E-state index contributed by atoms with van der Waals surface area (Å²) in [6, 6.07) is 7.71. The van der Waals surface area contributed by atoms with Gasteiger partial charge in [0.15, 0.2) is 5.72 Å². The zero-order valence-corrected chi connectivity index (χ0v) is 16.1. The second kappa shape index (κ2) is 10.1. The maximum Gasteiger partial charge on any atom is 0.407 e. The van der Waals surface area contributed by atoms with Gasteiger partial charge in [-0.1, -0.05) is 44.9 Å². The van der Waals surface area contributed by atoms with Crippen LogP contribution in [-0.4, -0.2) is 25.1 Å². The average molecular weight is 435 g/mol. The predicted molar refractivity (Wildman–Crippen MR) is 98.3 cm³/mol. The van der Waals surface area contributed by atoms with E-state index in [1.807, 2.05) is 24.3 Å². The van der Waals surface area contributed by atoms with E-state index < -0.39 is 11.8 Å². The standard InChI is InChI=1S/C17H26INO4/c1-4-6-9-13(5-2)17(19-16(20)21,23-12-22-3)14-10-7-8-11-15(14)18/h7-8,10-11,13,19H,4-6,9,12H2,1-3H3,(H,20,21). The molecule has 130 valence electrons. The molecule has 0 saturated carbocycles. The van der Waals surface area contributed by atoms with Crippen molar-refractivity contribution >= 4 is 28.7 Å². The number of halogens is 1. The van der Waals surface area contributed by atoms with Crippen LogP contribution in [-0.2, 0) is 15.2 Å². The van der Waals surface area contributed by atoms with E-state index in [0.717, 1.165) is 34.8 Å². The van der Waals surface area contributed by atoms with Crippen LogP contribution in [0.3, 0.4) is 0 Å². The van der Waals surface area contributed by atoms with Gasteiger partial charge < -0.3 is 14.6 Å². The number of carbonyl (C=O) groups is 1. The first-order chi connectivity index (χ1) is 11.0. The third-order valence-corrected chi connectivity index (χ3v) is 4.89. The van der Waals surface area contributed by atoms with E-state index in [1.54, 1.807) is 0 Å². The maximum atomic E-state index is 11.5. The molecule has 0 aliphatic heterocycles. The van der Waals surface area contributed by atoms with E-state index in [4.69, 9.17) is 9.47 Å². The molecule has 2 atom stereocenters. The largest absolute Gasteiger partial charge is 0.465 e. The first kappa shape index (κ1) is 20.2. The van der Waals surface area contributed by atoms with Crippen molar-refractivity contribution < 1.29 is 19.4 Å².